The second-order valence-corrected chi connectivity index (χ2v) is 5.58. The summed E-state index contributed by atoms with van der Waals surface area (Å²) in [5.74, 6) is 0. The molecule has 6 heteroatoms. The number of imidazole rings is 1. The molecule has 0 aliphatic heterocycles. The summed E-state index contributed by atoms with van der Waals surface area (Å²) >= 11 is 7.38. The predicted molar refractivity (Wildman–Crippen MR) is 80.8 cm³/mol. The summed E-state index contributed by atoms with van der Waals surface area (Å²) in [5.41, 5.74) is 8.58. The molecule has 0 atom stereocenters. The van der Waals surface area contributed by atoms with Gasteiger partial charge in [-0.15, -0.1) is 0 Å². The minimum atomic E-state index is 0.442. The van der Waals surface area contributed by atoms with Gasteiger partial charge in [-0.05, 0) is 30.3 Å². The van der Waals surface area contributed by atoms with E-state index in [1.165, 1.54) is 11.8 Å². The van der Waals surface area contributed by atoms with Crippen molar-refractivity contribution in [3.63, 3.8) is 0 Å². The summed E-state index contributed by atoms with van der Waals surface area (Å²) in [5, 5.41) is 10.3. The predicted octanol–water partition coefficient (Wildman–Crippen LogP) is 3.82. The zero-order valence-electron chi connectivity index (χ0n) is 10.2. The van der Waals surface area contributed by atoms with E-state index in [4.69, 9.17) is 22.6 Å². The average molecular weight is 301 g/mol. The van der Waals surface area contributed by atoms with Crippen LogP contribution < -0.4 is 5.73 Å². The zero-order valence-corrected chi connectivity index (χ0v) is 11.8. The fraction of sp³-hybridized carbons (Fsp3) is 0. The van der Waals surface area contributed by atoms with Crippen LogP contribution in [0.15, 0.2) is 46.5 Å². The van der Waals surface area contributed by atoms with Crippen molar-refractivity contribution < 1.29 is 0 Å². The Morgan fingerprint density at radius 1 is 1.30 bits per heavy atom. The van der Waals surface area contributed by atoms with Gasteiger partial charge in [0.2, 0.25) is 0 Å². The fourth-order valence-corrected chi connectivity index (χ4v) is 3.04. The number of nitriles is 1. The number of benzene rings is 2. The maximum atomic E-state index is 9.16. The summed E-state index contributed by atoms with van der Waals surface area (Å²) in [4.78, 5) is 8.40. The highest BCUT2D eigenvalue weighted by Gasteiger charge is 2.10. The molecule has 0 saturated heterocycles. The van der Waals surface area contributed by atoms with E-state index in [9.17, 15) is 0 Å². The molecule has 3 rings (SSSR count). The van der Waals surface area contributed by atoms with E-state index in [1.807, 2.05) is 24.3 Å². The lowest BCUT2D eigenvalue weighted by Gasteiger charge is -2.02. The fourth-order valence-electron chi connectivity index (χ4n) is 1.85. The van der Waals surface area contributed by atoms with Crippen LogP contribution in [0.3, 0.4) is 0 Å². The van der Waals surface area contributed by atoms with E-state index >= 15 is 0 Å². The van der Waals surface area contributed by atoms with Gasteiger partial charge >= 0.3 is 0 Å². The van der Waals surface area contributed by atoms with Crippen molar-refractivity contribution in [3.8, 4) is 6.07 Å². The minimum Gasteiger partial charge on any atom is -0.399 e. The Morgan fingerprint density at radius 3 is 2.95 bits per heavy atom. The van der Waals surface area contributed by atoms with Crippen LogP contribution in [0.5, 0.6) is 0 Å². The van der Waals surface area contributed by atoms with Crippen LogP contribution in [-0.2, 0) is 0 Å². The molecule has 0 aliphatic carbocycles. The Kier molecular flexibility index (Phi) is 3.26. The number of fused-ring (bicyclic) bond motifs is 1. The number of hydrogen-bond donors (Lipinski definition) is 2. The molecule has 2 aromatic carbocycles. The Labute approximate surface area is 124 Å². The first-order valence-electron chi connectivity index (χ1n) is 5.79. The lowest BCUT2D eigenvalue weighted by atomic mass is 10.2. The lowest BCUT2D eigenvalue weighted by molar-refractivity contribution is 1.08. The minimum absolute atomic E-state index is 0.442. The van der Waals surface area contributed by atoms with Gasteiger partial charge in [0.15, 0.2) is 5.16 Å². The first kappa shape index (κ1) is 12.9. The number of anilines is 1. The SMILES string of the molecule is N#Cc1c(Cl)cccc1Sc1nc2ccc(N)cc2[nH]1. The van der Waals surface area contributed by atoms with Gasteiger partial charge in [0.25, 0.3) is 0 Å². The molecule has 20 heavy (non-hydrogen) atoms. The highest BCUT2D eigenvalue weighted by molar-refractivity contribution is 7.99. The first-order valence-corrected chi connectivity index (χ1v) is 6.98. The van der Waals surface area contributed by atoms with Crippen molar-refractivity contribution in [2.75, 3.05) is 5.73 Å². The molecule has 0 aliphatic rings. The molecule has 1 aromatic heterocycles. The Hall–Kier alpha value is -2.16. The molecule has 0 spiro atoms. The molecule has 0 unspecified atom stereocenters. The number of halogens is 1. The van der Waals surface area contributed by atoms with E-state index < -0.39 is 0 Å². The summed E-state index contributed by atoms with van der Waals surface area (Å²) in [7, 11) is 0. The van der Waals surface area contributed by atoms with Crippen molar-refractivity contribution in [1.82, 2.24) is 9.97 Å². The van der Waals surface area contributed by atoms with Crippen LogP contribution in [0.1, 0.15) is 5.56 Å². The highest BCUT2D eigenvalue weighted by Crippen LogP contribution is 2.33. The molecular formula is C14H9ClN4S. The Balaban J connectivity index is 2.02. The van der Waals surface area contributed by atoms with Crippen LogP contribution in [0.4, 0.5) is 5.69 Å². The number of nitrogen functional groups attached to an aromatic ring is 1. The topological polar surface area (TPSA) is 78.5 Å². The van der Waals surface area contributed by atoms with Crippen molar-refractivity contribution in [3.05, 3.63) is 47.0 Å². The van der Waals surface area contributed by atoms with E-state index in [1.54, 1.807) is 12.1 Å². The average Bonchev–Trinajstić information content (AvgIpc) is 2.80. The molecular weight excluding hydrogens is 292 g/mol. The Bertz CT molecular complexity index is 835. The van der Waals surface area contributed by atoms with E-state index in [-0.39, 0.29) is 0 Å². The summed E-state index contributed by atoms with van der Waals surface area (Å²) in [6, 6.07) is 13.0. The van der Waals surface area contributed by atoms with Crippen LogP contribution in [0.25, 0.3) is 11.0 Å². The van der Waals surface area contributed by atoms with Crippen LogP contribution >= 0.6 is 23.4 Å². The number of nitrogens with one attached hydrogen (secondary N) is 1. The van der Waals surface area contributed by atoms with E-state index in [2.05, 4.69) is 16.0 Å². The molecule has 0 amide bonds. The quantitative estimate of drug-likeness (QED) is 0.705. The van der Waals surface area contributed by atoms with Crippen molar-refractivity contribution in [1.29, 1.82) is 5.26 Å². The maximum absolute atomic E-state index is 9.16. The molecule has 0 fully saturated rings. The third-order valence-electron chi connectivity index (χ3n) is 2.78. The second-order valence-electron chi connectivity index (χ2n) is 4.15. The molecule has 98 valence electrons. The molecule has 0 radical (unpaired) electrons. The standard InChI is InChI=1S/C14H9ClN4S/c15-10-2-1-3-13(9(10)7-16)20-14-18-11-5-4-8(17)6-12(11)19-14/h1-6H,17H2,(H,18,19). The van der Waals surface area contributed by atoms with Crippen molar-refractivity contribution >= 4 is 40.1 Å². The Morgan fingerprint density at radius 2 is 2.15 bits per heavy atom. The number of aromatic nitrogens is 2. The van der Waals surface area contributed by atoms with Gasteiger partial charge in [0, 0.05) is 10.6 Å². The van der Waals surface area contributed by atoms with Gasteiger partial charge in [-0.3, -0.25) is 0 Å². The largest absolute Gasteiger partial charge is 0.399 e. The third kappa shape index (κ3) is 2.31. The normalized spacial score (nSPS) is 10.6. The molecule has 4 nitrogen and oxygen atoms in total. The van der Waals surface area contributed by atoms with Gasteiger partial charge in [-0.25, -0.2) is 4.98 Å². The number of H-pyrrole nitrogens is 1. The monoisotopic (exact) mass is 300 g/mol. The zero-order chi connectivity index (χ0) is 14.1. The van der Waals surface area contributed by atoms with Gasteiger partial charge < -0.3 is 10.7 Å². The van der Waals surface area contributed by atoms with Gasteiger partial charge in [-0.2, -0.15) is 5.26 Å². The number of aromatic amines is 1. The summed E-state index contributed by atoms with van der Waals surface area (Å²) < 4.78 is 0. The molecule has 0 bridgehead atoms. The van der Waals surface area contributed by atoms with E-state index in [0.29, 0.717) is 21.4 Å². The lowest BCUT2D eigenvalue weighted by Crippen LogP contribution is -1.83. The number of nitrogens with zero attached hydrogens (tertiary/aromatic N) is 2. The maximum Gasteiger partial charge on any atom is 0.171 e. The van der Waals surface area contributed by atoms with Crippen molar-refractivity contribution in [2.45, 2.75) is 10.1 Å². The number of hydrogen-bond acceptors (Lipinski definition) is 4. The molecule has 3 aromatic rings. The smallest absolute Gasteiger partial charge is 0.171 e. The number of nitrogens with two attached hydrogens (primary N) is 1. The third-order valence-corrected chi connectivity index (χ3v) is 4.04. The molecule has 3 N–H and O–H groups in total. The summed E-state index contributed by atoms with van der Waals surface area (Å²) in [6.45, 7) is 0. The number of rotatable bonds is 2. The first-order chi connectivity index (χ1) is 9.67. The van der Waals surface area contributed by atoms with Crippen molar-refractivity contribution in [2.24, 2.45) is 0 Å². The van der Waals surface area contributed by atoms with Gasteiger partial charge in [-0.1, -0.05) is 29.4 Å². The van der Waals surface area contributed by atoms with Crippen LogP contribution in [0.2, 0.25) is 5.02 Å². The second kappa shape index (κ2) is 5.08. The molecule has 1 heterocycles. The van der Waals surface area contributed by atoms with E-state index in [0.717, 1.165) is 15.9 Å². The summed E-state index contributed by atoms with van der Waals surface area (Å²) in [6.07, 6.45) is 0. The van der Waals surface area contributed by atoms with Crippen LogP contribution in [-0.4, -0.2) is 9.97 Å². The molecule has 0 saturated carbocycles. The van der Waals surface area contributed by atoms with Gasteiger partial charge in [0.05, 0.1) is 21.6 Å². The van der Waals surface area contributed by atoms with Crippen LogP contribution in [0, 0.1) is 11.3 Å². The highest BCUT2D eigenvalue weighted by atomic mass is 35.5. The van der Waals surface area contributed by atoms with Gasteiger partial charge in [0.1, 0.15) is 6.07 Å².